The monoisotopic (exact) mass is 237 g/mol. The Bertz CT molecular complexity index is 490. The van der Waals surface area contributed by atoms with Crippen molar-refractivity contribution in [2.45, 2.75) is 13.3 Å². The Balaban J connectivity index is 2.29. The number of halogens is 1. The van der Waals surface area contributed by atoms with Crippen LogP contribution < -0.4 is 5.32 Å². The zero-order valence-corrected chi connectivity index (χ0v) is 10.4. The highest BCUT2D eigenvalue weighted by atomic mass is 35.5. The third-order valence-corrected chi connectivity index (χ3v) is 2.95. The Morgan fingerprint density at radius 3 is 3.00 bits per heavy atom. The van der Waals surface area contributed by atoms with Gasteiger partial charge in [-0.2, -0.15) is 0 Å². The van der Waals surface area contributed by atoms with E-state index in [9.17, 15) is 0 Å². The summed E-state index contributed by atoms with van der Waals surface area (Å²) >= 11 is 5.95. The smallest absolute Gasteiger partial charge is 0.110 e. The zero-order chi connectivity index (χ0) is 11.5. The maximum absolute atomic E-state index is 5.95. The van der Waals surface area contributed by atoms with E-state index >= 15 is 0 Å². The van der Waals surface area contributed by atoms with Crippen LogP contribution in [0.2, 0.25) is 5.02 Å². The summed E-state index contributed by atoms with van der Waals surface area (Å²) in [5, 5.41) is 4.04. The summed E-state index contributed by atoms with van der Waals surface area (Å²) in [7, 11) is 2.05. The first kappa shape index (κ1) is 11.4. The molecule has 0 radical (unpaired) electrons. The highest BCUT2D eigenvalue weighted by Gasteiger charge is 2.07. The normalized spacial score (nSPS) is 11.2. The van der Waals surface area contributed by atoms with Crippen LogP contribution >= 0.6 is 11.6 Å². The maximum Gasteiger partial charge on any atom is 0.110 e. The molecule has 0 unspecified atom stereocenters. The topological polar surface area (TPSA) is 29.9 Å². The molecule has 0 saturated heterocycles. The van der Waals surface area contributed by atoms with Crippen molar-refractivity contribution in [2.75, 3.05) is 13.1 Å². The van der Waals surface area contributed by atoms with Crippen molar-refractivity contribution in [3.63, 3.8) is 0 Å². The Labute approximate surface area is 100 Å². The summed E-state index contributed by atoms with van der Waals surface area (Å²) in [6, 6.07) is 5.83. The summed E-state index contributed by atoms with van der Waals surface area (Å²) in [6.07, 6.45) is 0.941. The molecule has 0 amide bonds. The molecule has 1 heterocycles. The molecule has 0 atom stereocenters. The highest BCUT2D eigenvalue weighted by Crippen LogP contribution is 2.19. The van der Waals surface area contributed by atoms with E-state index in [-0.39, 0.29) is 0 Å². The van der Waals surface area contributed by atoms with Crippen molar-refractivity contribution < 1.29 is 0 Å². The average Bonchev–Trinajstić information content (AvgIpc) is 2.56. The molecule has 0 saturated carbocycles. The molecule has 0 aliphatic carbocycles. The molecule has 0 fully saturated rings. The number of benzene rings is 1. The van der Waals surface area contributed by atoms with E-state index in [1.54, 1.807) is 0 Å². The standard InChI is InChI=1S/C12H16ClN3/c1-3-14-7-6-12-15-10-8-9(13)4-5-11(10)16(12)2/h4-5,8,14H,3,6-7H2,1-2H3. The van der Waals surface area contributed by atoms with Crippen molar-refractivity contribution in [1.82, 2.24) is 14.9 Å². The number of hydrogen-bond acceptors (Lipinski definition) is 2. The Hall–Kier alpha value is -1.06. The second-order valence-electron chi connectivity index (χ2n) is 3.82. The first-order chi connectivity index (χ1) is 7.72. The lowest BCUT2D eigenvalue weighted by molar-refractivity contribution is 0.680. The predicted molar refractivity (Wildman–Crippen MR) is 68.0 cm³/mol. The van der Waals surface area contributed by atoms with E-state index < -0.39 is 0 Å². The number of aromatic nitrogens is 2. The zero-order valence-electron chi connectivity index (χ0n) is 9.63. The molecule has 2 aromatic rings. The van der Waals surface area contributed by atoms with Gasteiger partial charge in [0, 0.05) is 25.0 Å². The number of hydrogen-bond donors (Lipinski definition) is 1. The third kappa shape index (κ3) is 2.20. The van der Waals surface area contributed by atoms with Crippen molar-refractivity contribution in [2.24, 2.45) is 7.05 Å². The van der Waals surface area contributed by atoms with Crippen LogP contribution in [0.3, 0.4) is 0 Å². The largest absolute Gasteiger partial charge is 0.331 e. The summed E-state index contributed by atoms with van der Waals surface area (Å²) in [5.74, 6) is 1.10. The van der Waals surface area contributed by atoms with Gasteiger partial charge in [0.15, 0.2) is 0 Å². The van der Waals surface area contributed by atoms with Gasteiger partial charge >= 0.3 is 0 Å². The molecule has 4 heteroatoms. The van der Waals surface area contributed by atoms with E-state index in [0.717, 1.165) is 41.4 Å². The highest BCUT2D eigenvalue weighted by molar-refractivity contribution is 6.31. The van der Waals surface area contributed by atoms with Gasteiger partial charge < -0.3 is 9.88 Å². The SMILES string of the molecule is CCNCCc1nc2cc(Cl)ccc2n1C. The number of fused-ring (bicyclic) bond motifs is 1. The molecule has 0 spiro atoms. The molecule has 0 aliphatic heterocycles. The lowest BCUT2D eigenvalue weighted by atomic mass is 10.3. The van der Waals surface area contributed by atoms with Crippen molar-refractivity contribution in [3.8, 4) is 0 Å². The molecule has 1 aromatic carbocycles. The van der Waals surface area contributed by atoms with E-state index in [1.807, 2.05) is 25.2 Å². The molecule has 0 aliphatic rings. The fourth-order valence-electron chi connectivity index (χ4n) is 1.82. The maximum atomic E-state index is 5.95. The average molecular weight is 238 g/mol. The molecule has 1 aromatic heterocycles. The summed E-state index contributed by atoms with van der Waals surface area (Å²) in [5.41, 5.74) is 2.11. The van der Waals surface area contributed by atoms with Crippen molar-refractivity contribution in [3.05, 3.63) is 29.0 Å². The van der Waals surface area contributed by atoms with Crippen LogP contribution in [0.5, 0.6) is 0 Å². The van der Waals surface area contributed by atoms with Gasteiger partial charge in [-0.3, -0.25) is 0 Å². The number of rotatable bonds is 4. The van der Waals surface area contributed by atoms with E-state index in [4.69, 9.17) is 11.6 Å². The third-order valence-electron chi connectivity index (χ3n) is 2.71. The predicted octanol–water partition coefficient (Wildman–Crippen LogP) is 2.38. The lowest BCUT2D eigenvalue weighted by Gasteiger charge is -2.02. The first-order valence-corrected chi connectivity index (χ1v) is 5.91. The minimum absolute atomic E-state index is 0.740. The molecule has 16 heavy (non-hydrogen) atoms. The van der Waals surface area contributed by atoms with Gasteiger partial charge in [0.1, 0.15) is 5.82 Å². The van der Waals surface area contributed by atoms with Gasteiger partial charge in [-0.25, -0.2) is 4.98 Å². The second-order valence-corrected chi connectivity index (χ2v) is 4.26. The van der Waals surface area contributed by atoms with Crippen LogP contribution in [0, 0.1) is 0 Å². The summed E-state index contributed by atoms with van der Waals surface area (Å²) in [6.45, 7) is 4.06. The van der Waals surface area contributed by atoms with Crippen LogP contribution in [0.4, 0.5) is 0 Å². The first-order valence-electron chi connectivity index (χ1n) is 5.54. The molecular weight excluding hydrogens is 222 g/mol. The second kappa shape index (κ2) is 4.85. The number of nitrogens with one attached hydrogen (secondary N) is 1. The van der Waals surface area contributed by atoms with Crippen molar-refractivity contribution >= 4 is 22.6 Å². The Morgan fingerprint density at radius 2 is 2.25 bits per heavy atom. The number of nitrogens with zero attached hydrogens (tertiary/aromatic N) is 2. The minimum atomic E-state index is 0.740. The van der Waals surface area contributed by atoms with Gasteiger partial charge in [-0.05, 0) is 24.7 Å². The van der Waals surface area contributed by atoms with E-state index in [0.29, 0.717) is 0 Å². The van der Waals surface area contributed by atoms with E-state index in [2.05, 4.69) is 21.8 Å². The summed E-state index contributed by atoms with van der Waals surface area (Å²) in [4.78, 5) is 4.58. The van der Waals surface area contributed by atoms with Gasteiger partial charge in [0.2, 0.25) is 0 Å². The molecule has 0 bridgehead atoms. The number of imidazole rings is 1. The van der Waals surface area contributed by atoms with E-state index in [1.165, 1.54) is 0 Å². The molecule has 86 valence electrons. The number of likely N-dealkylation sites (N-methyl/N-ethyl adjacent to an activating group) is 1. The van der Waals surface area contributed by atoms with Crippen LogP contribution in [0.1, 0.15) is 12.7 Å². The van der Waals surface area contributed by atoms with Crippen LogP contribution in [0.25, 0.3) is 11.0 Å². The summed E-state index contributed by atoms with van der Waals surface area (Å²) < 4.78 is 2.13. The van der Waals surface area contributed by atoms with Crippen LogP contribution in [-0.4, -0.2) is 22.6 Å². The molecule has 2 rings (SSSR count). The van der Waals surface area contributed by atoms with Gasteiger partial charge in [0.25, 0.3) is 0 Å². The van der Waals surface area contributed by atoms with Crippen LogP contribution in [-0.2, 0) is 13.5 Å². The molecule has 3 nitrogen and oxygen atoms in total. The number of aryl methyl sites for hydroxylation is 1. The van der Waals surface area contributed by atoms with Gasteiger partial charge in [-0.1, -0.05) is 18.5 Å². The van der Waals surface area contributed by atoms with Crippen molar-refractivity contribution in [1.29, 1.82) is 0 Å². The fraction of sp³-hybridized carbons (Fsp3) is 0.417. The fourth-order valence-corrected chi connectivity index (χ4v) is 1.99. The van der Waals surface area contributed by atoms with Gasteiger partial charge in [-0.15, -0.1) is 0 Å². The van der Waals surface area contributed by atoms with Gasteiger partial charge in [0.05, 0.1) is 11.0 Å². The quantitative estimate of drug-likeness (QED) is 0.828. The molecular formula is C12H16ClN3. The van der Waals surface area contributed by atoms with Crippen LogP contribution in [0.15, 0.2) is 18.2 Å². The minimum Gasteiger partial charge on any atom is -0.331 e. The Morgan fingerprint density at radius 1 is 1.44 bits per heavy atom. The Kier molecular flexibility index (Phi) is 3.46. The lowest BCUT2D eigenvalue weighted by Crippen LogP contribution is -2.17. The molecule has 1 N–H and O–H groups in total.